The highest BCUT2D eigenvalue weighted by Crippen LogP contribution is 2.39. The van der Waals surface area contributed by atoms with Crippen LogP contribution in [0.25, 0.3) is 0 Å². The molecule has 1 aromatic heterocycles. The van der Waals surface area contributed by atoms with Crippen molar-refractivity contribution in [2.24, 2.45) is 0 Å². The fourth-order valence-corrected chi connectivity index (χ4v) is 0.946. The van der Waals surface area contributed by atoms with Crippen molar-refractivity contribution >= 4 is 0 Å². The summed E-state index contributed by atoms with van der Waals surface area (Å²) in [5.74, 6) is 0.602. The number of hydrogen-bond acceptors (Lipinski definition) is 1. The van der Waals surface area contributed by atoms with E-state index >= 15 is 0 Å². The van der Waals surface area contributed by atoms with Crippen LogP contribution in [0.5, 0.6) is 0 Å². The highest BCUT2D eigenvalue weighted by Gasteiger charge is 2.28. The Hall–Kier alpha value is -0.850. The Balaban J connectivity index is 2.58. The highest BCUT2D eigenvalue weighted by atomic mass is 14.7. The molecule has 0 fully saturated rings. The van der Waals surface area contributed by atoms with Crippen LogP contribution in [0.15, 0.2) is 12.3 Å². The second-order valence-corrected chi connectivity index (χ2v) is 2.11. The van der Waals surface area contributed by atoms with Crippen molar-refractivity contribution in [3.63, 3.8) is 0 Å². The predicted octanol–water partition coefficient (Wildman–Crippen LogP) is 1.35. The molecule has 1 nitrogen and oxygen atoms in total. The first-order valence-corrected chi connectivity index (χ1v) is 2.76. The van der Waals surface area contributed by atoms with Gasteiger partial charge in [-0.1, -0.05) is 6.92 Å². The Morgan fingerprint density at radius 3 is 3.12 bits per heavy atom. The number of aromatic nitrogens is 1. The van der Waals surface area contributed by atoms with E-state index < -0.39 is 0 Å². The first-order valence-electron chi connectivity index (χ1n) is 2.76. The standard InChI is InChI=1S/C7H6N/c1-5-6-3-2-4-8-7(5)6/h2,4-5H,1H3. The Kier molecular flexibility index (Phi) is 0.562. The lowest BCUT2D eigenvalue weighted by Crippen LogP contribution is -1.62. The number of nitrogens with zero attached hydrogens (tertiary/aromatic N) is 1. The summed E-state index contributed by atoms with van der Waals surface area (Å²) in [6.45, 7) is 2.15. The van der Waals surface area contributed by atoms with Crippen LogP contribution in [0, 0.1) is 6.07 Å². The van der Waals surface area contributed by atoms with E-state index in [4.69, 9.17) is 0 Å². The van der Waals surface area contributed by atoms with Crippen LogP contribution in [0.3, 0.4) is 0 Å². The van der Waals surface area contributed by atoms with Crippen molar-refractivity contribution in [2.45, 2.75) is 12.8 Å². The fraction of sp³-hybridized carbons (Fsp3) is 0.286. The number of rotatable bonds is 0. The Bertz CT molecular complexity index is 194. The molecule has 0 amide bonds. The molecule has 1 unspecified atom stereocenters. The zero-order valence-electron chi connectivity index (χ0n) is 4.68. The second kappa shape index (κ2) is 1.10. The third-order valence-electron chi connectivity index (χ3n) is 1.56. The fourth-order valence-electron chi connectivity index (χ4n) is 0.946. The first kappa shape index (κ1) is 4.07. The van der Waals surface area contributed by atoms with Crippen LogP contribution in [-0.4, -0.2) is 4.98 Å². The van der Waals surface area contributed by atoms with Gasteiger partial charge in [0.1, 0.15) is 0 Å². The molecule has 0 bridgehead atoms. The molecule has 0 saturated carbocycles. The van der Waals surface area contributed by atoms with Gasteiger partial charge < -0.3 is 0 Å². The minimum absolute atomic E-state index is 0.602. The monoisotopic (exact) mass is 104 g/mol. The minimum Gasteiger partial charge on any atom is -0.260 e. The maximum atomic E-state index is 4.12. The molecule has 1 aliphatic rings. The molecule has 1 heterocycles. The maximum absolute atomic E-state index is 4.12. The lowest BCUT2D eigenvalue weighted by molar-refractivity contribution is 1.10. The van der Waals surface area contributed by atoms with E-state index in [1.807, 2.05) is 6.07 Å². The summed E-state index contributed by atoms with van der Waals surface area (Å²) in [5.41, 5.74) is 2.53. The van der Waals surface area contributed by atoms with Crippen molar-refractivity contribution < 1.29 is 0 Å². The van der Waals surface area contributed by atoms with Gasteiger partial charge in [0.15, 0.2) is 0 Å². The summed E-state index contributed by atoms with van der Waals surface area (Å²) in [6, 6.07) is 4.97. The van der Waals surface area contributed by atoms with Crippen LogP contribution >= 0.6 is 0 Å². The van der Waals surface area contributed by atoms with Gasteiger partial charge in [0.2, 0.25) is 0 Å². The average molecular weight is 104 g/mol. The van der Waals surface area contributed by atoms with E-state index in [9.17, 15) is 0 Å². The number of fused-ring (bicyclic) bond motifs is 1. The van der Waals surface area contributed by atoms with Crippen molar-refractivity contribution in [3.8, 4) is 0 Å². The highest BCUT2D eigenvalue weighted by molar-refractivity contribution is 5.44. The van der Waals surface area contributed by atoms with Crippen LogP contribution < -0.4 is 0 Å². The predicted molar refractivity (Wildman–Crippen MR) is 30.6 cm³/mol. The number of hydrogen-bond donors (Lipinski definition) is 0. The molecule has 1 aliphatic carbocycles. The molecule has 2 rings (SSSR count). The zero-order valence-corrected chi connectivity index (χ0v) is 4.68. The molecule has 0 saturated heterocycles. The molecule has 1 aromatic rings. The molecule has 1 radical (unpaired) electrons. The van der Waals surface area contributed by atoms with Gasteiger partial charge >= 0.3 is 0 Å². The second-order valence-electron chi connectivity index (χ2n) is 2.11. The van der Waals surface area contributed by atoms with Gasteiger partial charge in [0, 0.05) is 12.1 Å². The topological polar surface area (TPSA) is 12.9 Å². The molecule has 0 aliphatic heterocycles. The normalized spacial score (nSPS) is 22.4. The van der Waals surface area contributed by atoms with Crippen LogP contribution in [0.2, 0.25) is 0 Å². The average Bonchev–Trinajstić information content (AvgIpc) is 2.46. The molecule has 39 valence electrons. The molecule has 0 spiro atoms. The van der Waals surface area contributed by atoms with E-state index in [-0.39, 0.29) is 0 Å². The molecule has 1 heteroatoms. The summed E-state index contributed by atoms with van der Waals surface area (Å²) in [6.07, 6.45) is 1.79. The quantitative estimate of drug-likeness (QED) is 0.484. The number of pyridine rings is 1. The summed E-state index contributed by atoms with van der Waals surface area (Å²) < 4.78 is 0. The van der Waals surface area contributed by atoms with Gasteiger partial charge in [-0.2, -0.15) is 0 Å². The molecule has 0 N–H and O–H groups in total. The van der Waals surface area contributed by atoms with Gasteiger partial charge in [-0.25, -0.2) is 0 Å². The molecule has 1 atom stereocenters. The van der Waals surface area contributed by atoms with Crippen molar-refractivity contribution in [2.75, 3.05) is 0 Å². The summed E-state index contributed by atoms with van der Waals surface area (Å²) in [5, 5.41) is 0. The maximum Gasteiger partial charge on any atom is 0.0521 e. The summed E-state index contributed by atoms with van der Waals surface area (Å²) in [4.78, 5) is 4.12. The zero-order chi connectivity index (χ0) is 5.56. The van der Waals surface area contributed by atoms with E-state index in [2.05, 4.69) is 18.0 Å². The van der Waals surface area contributed by atoms with Crippen molar-refractivity contribution in [1.29, 1.82) is 0 Å². The molecule has 8 heavy (non-hydrogen) atoms. The van der Waals surface area contributed by atoms with Gasteiger partial charge in [-0.3, -0.25) is 4.98 Å². The Morgan fingerprint density at radius 2 is 2.62 bits per heavy atom. The Morgan fingerprint density at radius 1 is 1.75 bits per heavy atom. The molecular weight excluding hydrogens is 98.1 g/mol. The lowest BCUT2D eigenvalue weighted by Gasteiger charge is -1.68. The SMILES string of the molecule is CC1c2[c]ccnc21. The third kappa shape index (κ3) is 0.340. The van der Waals surface area contributed by atoms with Gasteiger partial charge in [0.05, 0.1) is 5.69 Å². The summed E-state index contributed by atoms with van der Waals surface area (Å²) >= 11 is 0. The van der Waals surface area contributed by atoms with Gasteiger partial charge in [0.25, 0.3) is 0 Å². The largest absolute Gasteiger partial charge is 0.260 e. The van der Waals surface area contributed by atoms with Crippen LogP contribution in [0.1, 0.15) is 24.1 Å². The minimum atomic E-state index is 0.602. The Labute approximate surface area is 48.4 Å². The van der Waals surface area contributed by atoms with E-state index in [0.29, 0.717) is 5.92 Å². The third-order valence-corrected chi connectivity index (χ3v) is 1.56. The summed E-state index contributed by atoms with van der Waals surface area (Å²) in [7, 11) is 0. The van der Waals surface area contributed by atoms with Gasteiger partial charge in [-0.05, 0) is 17.7 Å². The van der Waals surface area contributed by atoms with E-state index in [1.54, 1.807) is 6.20 Å². The van der Waals surface area contributed by atoms with Crippen molar-refractivity contribution in [1.82, 2.24) is 4.98 Å². The first-order chi connectivity index (χ1) is 3.89. The molecular formula is C7H6N. The smallest absolute Gasteiger partial charge is 0.0521 e. The lowest BCUT2D eigenvalue weighted by atomic mass is 10.4. The van der Waals surface area contributed by atoms with Gasteiger partial charge in [-0.15, -0.1) is 0 Å². The van der Waals surface area contributed by atoms with E-state index in [0.717, 1.165) is 0 Å². The van der Waals surface area contributed by atoms with Crippen LogP contribution in [-0.2, 0) is 0 Å². The molecule has 0 aromatic carbocycles. The van der Waals surface area contributed by atoms with E-state index in [1.165, 1.54) is 11.3 Å². The van der Waals surface area contributed by atoms with Crippen molar-refractivity contribution in [3.05, 3.63) is 29.6 Å². The van der Waals surface area contributed by atoms with Crippen LogP contribution in [0.4, 0.5) is 0 Å².